The maximum atomic E-state index is 6.37. The fourth-order valence-electron chi connectivity index (χ4n) is 7.52. The molecule has 1 aliphatic rings. The van der Waals surface area contributed by atoms with Gasteiger partial charge in [0.15, 0.2) is 0 Å². The highest BCUT2D eigenvalue weighted by molar-refractivity contribution is 6.22. The molecule has 214 valence electrons. The highest BCUT2D eigenvalue weighted by atomic mass is 16.5. The first kappa shape index (κ1) is 25.2. The third-order valence-electron chi connectivity index (χ3n) is 9.58. The summed E-state index contributed by atoms with van der Waals surface area (Å²) in [6.45, 7) is 0. The Kier molecular flexibility index (Phi) is 5.31. The van der Waals surface area contributed by atoms with Gasteiger partial charge in [-0.2, -0.15) is 0 Å². The number of hydrogen-bond acceptors (Lipinski definition) is 1. The van der Waals surface area contributed by atoms with Crippen LogP contribution in [0.15, 0.2) is 164 Å². The van der Waals surface area contributed by atoms with Crippen LogP contribution in [-0.4, -0.2) is 4.57 Å². The van der Waals surface area contributed by atoms with Gasteiger partial charge < -0.3 is 9.30 Å². The molecule has 0 aliphatic carbocycles. The predicted octanol–water partition coefficient (Wildman–Crippen LogP) is 12.2. The number of para-hydroxylation sites is 2. The molecule has 1 aromatic heterocycles. The Labute approximate surface area is 266 Å². The number of ether oxygens (including phenoxy) is 1. The molecule has 10 rings (SSSR count). The molecule has 2 nitrogen and oxygen atoms in total. The van der Waals surface area contributed by atoms with Gasteiger partial charge >= 0.3 is 0 Å². The number of fused-ring (bicyclic) bond motifs is 7. The van der Waals surface area contributed by atoms with Crippen LogP contribution in [0.5, 0.6) is 11.5 Å². The van der Waals surface area contributed by atoms with E-state index in [4.69, 9.17) is 4.74 Å². The van der Waals surface area contributed by atoms with Gasteiger partial charge in [0.2, 0.25) is 0 Å². The van der Waals surface area contributed by atoms with Gasteiger partial charge in [-0.1, -0.05) is 115 Å². The highest BCUT2D eigenvalue weighted by Gasteiger charge is 2.21. The van der Waals surface area contributed by atoms with Crippen LogP contribution in [0.1, 0.15) is 0 Å². The predicted molar refractivity (Wildman–Crippen MR) is 192 cm³/mol. The number of hydrogen-bond donors (Lipinski definition) is 0. The minimum Gasteiger partial charge on any atom is -0.456 e. The van der Waals surface area contributed by atoms with Crippen LogP contribution in [0.25, 0.3) is 82.4 Å². The van der Waals surface area contributed by atoms with Crippen LogP contribution >= 0.6 is 0 Å². The number of nitrogens with zero attached hydrogens (tertiary/aromatic N) is 1. The fraction of sp³-hybridized carbons (Fsp3) is 0. The summed E-state index contributed by atoms with van der Waals surface area (Å²) in [5.74, 6) is 1.82. The first-order valence-electron chi connectivity index (χ1n) is 15.8. The number of rotatable bonds is 3. The summed E-state index contributed by atoms with van der Waals surface area (Å²) in [6.07, 6.45) is 0. The van der Waals surface area contributed by atoms with Crippen LogP contribution in [0.2, 0.25) is 0 Å². The average molecular weight is 586 g/mol. The Morgan fingerprint density at radius 1 is 0.370 bits per heavy atom. The molecule has 0 bridgehead atoms. The third kappa shape index (κ3) is 3.65. The van der Waals surface area contributed by atoms with Gasteiger partial charge in [-0.25, -0.2) is 0 Å². The maximum Gasteiger partial charge on any atom is 0.135 e. The zero-order valence-electron chi connectivity index (χ0n) is 24.9. The molecule has 0 amide bonds. The smallest absolute Gasteiger partial charge is 0.135 e. The molecule has 0 N–H and O–H groups in total. The standard InChI is InChI=1S/C44H27NO/c1-2-13-32(14-3-1)45-39-23-21-30(27-38(39)43-34-15-5-4-10-28(34)20-24-40(43)45)29-11-8-12-31(26-29)33-22-25-42-44-36(33)17-9-18-37(44)35-16-6-7-19-41(35)46-42/h1-27H. The molecule has 2 heterocycles. The van der Waals surface area contributed by atoms with Crippen molar-refractivity contribution in [1.29, 1.82) is 0 Å². The molecule has 0 saturated heterocycles. The monoisotopic (exact) mass is 585 g/mol. The second-order valence-corrected chi connectivity index (χ2v) is 12.1. The van der Waals surface area contributed by atoms with Crippen LogP contribution in [0.4, 0.5) is 0 Å². The Hall–Kier alpha value is -6.12. The van der Waals surface area contributed by atoms with Crippen molar-refractivity contribution >= 4 is 43.4 Å². The second-order valence-electron chi connectivity index (χ2n) is 12.1. The van der Waals surface area contributed by atoms with E-state index < -0.39 is 0 Å². The third-order valence-corrected chi connectivity index (χ3v) is 9.58. The molecule has 0 fully saturated rings. The lowest BCUT2D eigenvalue weighted by Crippen LogP contribution is -1.97. The topological polar surface area (TPSA) is 14.2 Å². The summed E-state index contributed by atoms with van der Waals surface area (Å²) in [4.78, 5) is 0. The molecule has 46 heavy (non-hydrogen) atoms. The SMILES string of the molecule is c1ccc(-n2c3ccc(-c4cccc(-c5ccc6c7c(cccc57)-c5ccccc5O6)c4)cc3c3c4ccccc4ccc32)cc1. The van der Waals surface area contributed by atoms with E-state index in [0.717, 1.165) is 17.1 Å². The normalized spacial score (nSPS) is 12.1. The lowest BCUT2D eigenvalue weighted by molar-refractivity contribution is 0.487. The van der Waals surface area contributed by atoms with Gasteiger partial charge in [-0.15, -0.1) is 0 Å². The molecule has 0 atom stereocenters. The second kappa shape index (κ2) is 9.69. The summed E-state index contributed by atoms with van der Waals surface area (Å²) < 4.78 is 8.77. The highest BCUT2D eigenvalue weighted by Crippen LogP contribution is 2.48. The summed E-state index contributed by atoms with van der Waals surface area (Å²) in [6, 6.07) is 59.0. The Morgan fingerprint density at radius 3 is 2.07 bits per heavy atom. The van der Waals surface area contributed by atoms with Crippen molar-refractivity contribution in [1.82, 2.24) is 4.57 Å². The molecule has 8 aromatic carbocycles. The Balaban J connectivity index is 1.17. The van der Waals surface area contributed by atoms with Gasteiger partial charge in [0.05, 0.1) is 11.0 Å². The zero-order valence-corrected chi connectivity index (χ0v) is 24.9. The van der Waals surface area contributed by atoms with E-state index in [1.165, 1.54) is 76.9 Å². The summed E-state index contributed by atoms with van der Waals surface area (Å²) in [5.41, 5.74) is 10.8. The van der Waals surface area contributed by atoms with Crippen molar-refractivity contribution in [2.75, 3.05) is 0 Å². The first-order valence-corrected chi connectivity index (χ1v) is 15.8. The fourth-order valence-corrected chi connectivity index (χ4v) is 7.52. The van der Waals surface area contributed by atoms with Gasteiger partial charge in [0.1, 0.15) is 11.5 Å². The minimum absolute atomic E-state index is 0.911. The van der Waals surface area contributed by atoms with E-state index in [2.05, 4.69) is 156 Å². The maximum absolute atomic E-state index is 6.37. The molecule has 0 radical (unpaired) electrons. The summed E-state index contributed by atoms with van der Waals surface area (Å²) >= 11 is 0. The number of benzene rings is 8. The van der Waals surface area contributed by atoms with Crippen molar-refractivity contribution in [2.24, 2.45) is 0 Å². The summed E-state index contributed by atoms with van der Waals surface area (Å²) in [7, 11) is 0. The zero-order chi connectivity index (χ0) is 30.2. The van der Waals surface area contributed by atoms with Crippen molar-refractivity contribution in [3.63, 3.8) is 0 Å². The molecule has 0 spiro atoms. The molecule has 2 heteroatoms. The van der Waals surface area contributed by atoms with Gasteiger partial charge in [0, 0.05) is 27.4 Å². The molecule has 1 aliphatic heterocycles. The van der Waals surface area contributed by atoms with Crippen LogP contribution in [0.3, 0.4) is 0 Å². The molecule has 9 aromatic rings. The van der Waals surface area contributed by atoms with Crippen LogP contribution in [-0.2, 0) is 0 Å². The Bertz CT molecular complexity index is 2660. The molecular weight excluding hydrogens is 558 g/mol. The van der Waals surface area contributed by atoms with Crippen LogP contribution in [0, 0.1) is 0 Å². The van der Waals surface area contributed by atoms with E-state index in [1.54, 1.807) is 0 Å². The van der Waals surface area contributed by atoms with Crippen molar-refractivity contribution in [2.45, 2.75) is 0 Å². The van der Waals surface area contributed by atoms with Crippen molar-refractivity contribution in [3.8, 4) is 50.6 Å². The van der Waals surface area contributed by atoms with Gasteiger partial charge in [-0.05, 0) is 92.5 Å². The van der Waals surface area contributed by atoms with E-state index in [1.807, 2.05) is 12.1 Å². The molecule has 0 saturated carbocycles. The largest absolute Gasteiger partial charge is 0.456 e. The lowest BCUT2D eigenvalue weighted by Gasteiger charge is -2.22. The minimum atomic E-state index is 0.911. The van der Waals surface area contributed by atoms with Crippen LogP contribution < -0.4 is 4.74 Å². The van der Waals surface area contributed by atoms with Crippen molar-refractivity contribution < 1.29 is 4.74 Å². The van der Waals surface area contributed by atoms with Crippen molar-refractivity contribution in [3.05, 3.63) is 164 Å². The molecule has 0 unspecified atom stereocenters. The van der Waals surface area contributed by atoms with E-state index in [-0.39, 0.29) is 0 Å². The number of aromatic nitrogens is 1. The summed E-state index contributed by atoms with van der Waals surface area (Å²) in [5, 5.41) is 7.46. The first-order chi connectivity index (χ1) is 22.8. The van der Waals surface area contributed by atoms with Gasteiger partial charge in [0.25, 0.3) is 0 Å². The quantitative estimate of drug-likeness (QED) is 0.201. The lowest BCUT2D eigenvalue weighted by atomic mass is 9.89. The van der Waals surface area contributed by atoms with E-state index in [0.29, 0.717) is 0 Å². The average Bonchev–Trinajstić information content (AvgIpc) is 3.46. The Morgan fingerprint density at radius 2 is 1.11 bits per heavy atom. The van der Waals surface area contributed by atoms with E-state index >= 15 is 0 Å². The molecular formula is C44H27NO. The van der Waals surface area contributed by atoms with Gasteiger partial charge in [-0.3, -0.25) is 0 Å². The van der Waals surface area contributed by atoms with E-state index in [9.17, 15) is 0 Å².